The number of aryl methyl sites for hydroxylation is 3. The van der Waals surface area contributed by atoms with E-state index in [4.69, 9.17) is 0 Å². The summed E-state index contributed by atoms with van der Waals surface area (Å²) in [5.74, 6) is 0.0203. The zero-order chi connectivity index (χ0) is 14.8. The van der Waals surface area contributed by atoms with Crippen LogP contribution in [-0.2, 0) is 23.6 Å². The second-order valence-electron chi connectivity index (χ2n) is 5.57. The summed E-state index contributed by atoms with van der Waals surface area (Å²) in [5, 5.41) is 0. The fourth-order valence-corrected chi connectivity index (χ4v) is 3.91. The lowest BCUT2D eigenvalue weighted by Crippen LogP contribution is -2.11. The van der Waals surface area contributed by atoms with Gasteiger partial charge in [-0.25, -0.2) is 0 Å². The molecule has 1 atom stereocenters. The second-order valence-corrected chi connectivity index (χ2v) is 7.02. The Labute approximate surface area is 127 Å². The normalized spacial score (nSPS) is 14.7. The highest BCUT2D eigenvalue weighted by Crippen LogP contribution is 2.23. The number of Topliss-reactive ketones (excluding diaryl/α,β-unsaturated/α-hetero) is 1. The van der Waals surface area contributed by atoms with E-state index in [0.29, 0.717) is 5.56 Å². The smallest absolute Gasteiger partial charge is 0.175 e. The van der Waals surface area contributed by atoms with E-state index in [-0.39, 0.29) is 11.5 Å². The average Bonchev–Trinajstić information content (AvgIpc) is 2.94. The van der Waals surface area contributed by atoms with Gasteiger partial charge in [-0.3, -0.25) is 9.00 Å². The molecule has 0 aliphatic heterocycles. The molecule has 0 radical (unpaired) electrons. The Morgan fingerprint density at radius 1 is 1.10 bits per heavy atom. The van der Waals surface area contributed by atoms with E-state index in [2.05, 4.69) is 0 Å². The molecule has 0 amide bonds. The summed E-state index contributed by atoms with van der Waals surface area (Å²) in [7, 11) is -1.27. The van der Waals surface area contributed by atoms with Crippen LogP contribution in [0.3, 0.4) is 0 Å². The number of benzene rings is 2. The standard InChI is InChI=1S/C18H18O2S/c1-13-4-2-7-17(10-13)21(20)12-18(19)16-9-8-14-5-3-6-15(14)11-16/h2,4,7-11H,3,5-6,12H2,1H3. The molecule has 0 saturated carbocycles. The molecule has 3 rings (SSSR count). The van der Waals surface area contributed by atoms with Crippen LogP contribution in [0.1, 0.15) is 33.5 Å². The summed E-state index contributed by atoms with van der Waals surface area (Å²) >= 11 is 0. The molecule has 0 spiro atoms. The number of fused-ring (bicyclic) bond motifs is 1. The minimum absolute atomic E-state index is 0.0375. The molecule has 0 aromatic heterocycles. The molecule has 1 unspecified atom stereocenters. The van der Waals surface area contributed by atoms with E-state index in [1.807, 2.05) is 49.4 Å². The predicted molar refractivity (Wildman–Crippen MR) is 85.3 cm³/mol. The van der Waals surface area contributed by atoms with Crippen molar-refractivity contribution in [3.05, 3.63) is 64.7 Å². The second kappa shape index (κ2) is 5.94. The van der Waals surface area contributed by atoms with Gasteiger partial charge in [0.2, 0.25) is 0 Å². The van der Waals surface area contributed by atoms with Gasteiger partial charge in [-0.15, -0.1) is 0 Å². The molecule has 2 aromatic carbocycles. The van der Waals surface area contributed by atoms with Gasteiger partial charge in [-0.2, -0.15) is 0 Å². The molecule has 2 nitrogen and oxygen atoms in total. The molecular weight excluding hydrogens is 280 g/mol. The first-order chi connectivity index (χ1) is 10.1. The van der Waals surface area contributed by atoms with Crippen LogP contribution in [0, 0.1) is 6.92 Å². The molecule has 3 heteroatoms. The van der Waals surface area contributed by atoms with Crippen molar-refractivity contribution in [1.82, 2.24) is 0 Å². The van der Waals surface area contributed by atoms with Crippen LogP contribution in [0.25, 0.3) is 0 Å². The highest BCUT2D eigenvalue weighted by atomic mass is 32.2. The lowest BCUT2D eigenvalue weighted by Gasteiger charge is -2.05. The third-order valence-electron chi connectivity index (χ3n) is 3.94. The van der Waals surface area contributed by atoms with Crippen LogP contribution in [0.4, 0.5) is 0 Å². The largest absolute Gasteiger partial charge is 0.293 e. The Kier molecular flexibility index (Phi) is 4.02. The van der Waals surface area contributed by atoms with E-state index in [1.165, 1.54) is 17.5 Å². The maximum atomic E-state index is 12.3. The highest BCUT2D eigenvalue weighted by molar-refractivity contribution is 7.85. The molecule has 0 fully saturated rings. The van der Waals surface area contributed by atoms with Crippen LogP contribution in [-0.4, -0.2) is 15.7 Å². The number of carbonyl (C=O) groups is 1. The molecule has 0 N–H and O–H groups in total. The molecule has 0 bridgehead atoms. The molecule has 1 aliphatic rings. The van der Waals surface area contributed by atoms with Gasteiger partial charge in [0.25, 0.3) is 0 Å². The first kappa shape index (κ1) is 14.2. The molecule has 1 aliphatic carbocycles. The topological polar surface area (TPSA) is 34.1 Å². The number of rotatable bonds is 4. The van der Waals surface area contributed by atoms with Crippen LogP contribution < -0.4 is 0 Å². The summed E-state index contributed by atoms with van der Waals surface area (Å²) in [4.78, 5) is 13.0. The third-order valence-corrected chi connectivity index (χ3v) is 5.24. The minimum atomic E-state index is -1.27. The van der Waals surface area contributed by atoms with Gasteiger partial charge in [-0.05, 0) is 61.1 Å². The van der Waals surface area contributed by atoms with Crippen molar-refractivity contribution in [3.63, 3.8) is 0 Å². The van der Waals surface area contributed by atoms with Gasteiger partial charge in [0.1, 0.15) is 0 Å². The quantitative estimate of drug-likeness (QED) is 0.810. The minimum Gasteiger partial charge on any atom is -0.293 e. The summed E-state index contributed by atoms with van der Waals surface area (Å²) in [5.41, 5.74) is 4.39. The number of carbonyl (C=O) groups excluding carboxylic acids is 1. The molecule has 21 heavy (non-hydrogen) atoms. The summed E-state index contributed by atoms with van der Waals surface area (Å²) in [6, 6.07) is 13.4. The zero-order valence-electron chi connectivity index (χ0n) is 12.1. The molecule has 0 heterocycles. The zero-order valence-corrected chi connectivity index (χ0v) is 12.9. The van der Waals surface area contributed by atoms with Crippen LogP contribution in [0.2, 0.25) is 0 Å². The van der Waals surface area contributed by atoms with E-state index < -0.39 is 10.8 Å². The third kappa shape index (κ3) is 3.13. The maximum absolute atomic E-state index is 12.3. The van der Waals surface area contributed by atoms with Crippen molar-refractivity contribution in [2.75, 3.05) is 5.75 Å². The first-order valence-corrected chi connectivity index (χ1v) is 8.55. The Morgan fingerprint density at radius 3 is 2.71 bits per heavy atom. The van der Waals surface area contributed by atoms with Crippen molar-refractivity contribution in [2.45, 2.75) is 31.1 Å². The number of hydrogen-bond acceptors (Lipinski definition) is 2. The summed E-state index contributed by atoms with van der Waals surface area (Å²) < 4.78 is 12.3. The molecular formula is C18H18O2S. The number of hydrogen-bond donors (Lipinski definition) is 0. The number of ketones is 1. The summed E-state index contributed by atoms with van der Waals surface area (Å²) in [6.07, 6.45) is 3.33. The van der Waals surface area contributed by atoms with Crippen molar-refractivity contribution in [1.29, 1.82) is 0 Å². The Balaban J connectivity index is 1.76. The van der Waals surface area contributed by atoms with Crippen molar-refractivity contribution in [3.8, 4) is 0 Å². The van der Waals surface area contributed by atoms with Gasteiger partial charge in [0.15, 0.2) is 5.78 Å². The Bertz CT molecular complexity index is 719. The fraction of sp³-hybridized carbons (Fsp3) is 0.278. The van der Waals surface area contributed by atoms with E-state index >= 15 is 0 Å². The fourth-order valence-electron chi connectivity index (χ4n) is 2.79. The van der Waals surface area contributed by atoms with Gasteiger partial charge in [0.05, 0.1) is 16.6 Å². The SMILES string of the molecule is Cc1cccc(S(=O)CC(=O)c2ccc3c(c2)CCC3)c1. The van der Waals surface area contributed by atoms with Gasteiger partial charge < -0.3 is 0 Å². The Hall–Kier alpha value is -1.74. The van der Waals surface area contributed by atoms with Gasteiger partial charge in [-0.1, -0.05) is 24.3 Å². The van der Waals surface area contributed by atoms with Crippen molar-refractivity contribution in [2.24, 2.45) is 0 Å². The van der Waals surface area contributed by atoms with E-state index in [9.17, 15) is 9.00 Å². The van der Waals surface area contributed by atoms with Crippen LogP contribution in [0.5, 0.6) is 0 Å². The molecule has 108 valence electrons. The van der Waals surface area contributed by atoms with Crippen molar-refractivity contribution >= 4 is 16.6 Å². The molecule has 2 aromatic rings. The lowest BCUT2D eigenvalue weighted by molar-refractivity contribution is 0.102. The monoisotopic (exact) mass is 298 g/mol. The predicted octanol–water partition coefficient (Wildman–Crippen LogP) is 3.47. The first-order valence-electron chi connectivity index (χ1n) is 7.23. The van der Waals surface area contributed by atoms with Crippen LogP contribution >= 0.6 is 0 Å². The summed E-state index contributed by atoms with van der Waals surface area (Å²) in [6.45, 7) is 1.96. The maximum Gasteiger partial charge on any atom is 0.175 e. The molecule has 0 saturated heterocycles. The van der Waals surface area contributed by atoms with Gasteiger partial charge >= 0.3 is 0 Å². The van der Waals surface area contributed by atoms with E-state index in [0.717, 1.165) is 23.3 Å². The lowest BCUT2D eigenvalue weighted by atomic mass is 10.0. The average molecular weight is 298 g/mol. The highest BCUT2D eigenvalue weighted by Gasteiger charge is 2.16. The van der Waals surface area contributed by atoms with Crippen molar-refractivity contribution < 1.29 is 9.00 Å². The van der Waals surface area contributed by atoms with E-state index in [1.54, 1.807) is 0 Å². The Morgan fingerprint density at radius 2 is 1.90 bits per heavy atom. The van der Waals surface area contributed by atoms with Gasteiger partial charge in [0, 0.05) is 10.5 Å². The van der Waals surface area contributed by atoms with Crippen LogP contribution in [0.15, 0.2) is 47.4 Å².